The van der Waals surface area contributed by atoms with Crippen molar-refractivity contribution in [1.29, 1.82) is 0 Å². The summed E-state index contributed by atoms with van der Waals surface area (Å²) >= 11 is 0. The zero-order valence-electron chi connectivity index (χ0n) is 11.2. The van der Waals surface area contributed by atoms with Crippen LogP contribution >= 0.6 is 0 Å². The van der Waals surface area contributed by atoms with Gasteiger partial charge < -0.3 is 10.4 Å². The highest BCUT2D eigenvalue weighted by Crippen LogP contribution is 2.10. The number of carbonyl (C=O) groups excluding carboxylic acids is 1. The molecule has 1 rings (SSSR count). The fraction of sp³-hybridized carbons (Fsp3) is 0.308. The maximum atomic E-state index is 12.0. The molecule has 0 aliphatic rings. The second-order valence-electron chi connectivity index (χ2n) is 3.94. The van der Waals surface area contributed by atoms with E-state index in [9.17, 15) is 13.2 Å². The predicted molar refractivity (Wildman–Crippen MR) is 74.3 cm³/mol. The number of nitrogens with one attached hydrogen (secondary N) is 2. The van der Waals surface area contributed by atoms with Crippen LogP contribution in [0.3, 0.4) is 0 Å². The van der Waals surface area contributed by atoms with E-state index >= 15 is 0 Å². The molecule has 1 aromatic rings. The first-order valence-corrected chi connectivity index (χ1v) is 7.32. The topological polar surface area (TPSA) is 95.5 Å². The Hall–Kier alpha value is -1.88. The maximum absolute atomic E-state index is 12.0. The molecule has 0 saturated carbocycles. The Labute approximate surface area is 118 Å². The van der Waals surface area contributed by atoms with Crippen molar-refractivity contribution in [2.45, 2.75) is 17.9 Å². The molecule has 0 aromatic heterocycles. The average molecular weight is 296 g/mol. The molecule has 0 aliphatic heterocycles. The van der Waals surface area contributed by atoms with Gasteiger partial charge in [0.15, 0.2) is 0 Å². The maximum Gasteiger partial charge on any atom is 0.241 e. The van der Waals surface area contributed by atoms with Crippen molar-refractivity contribution in [2.75, 3.05) is 13.7 Å². The van der Waals surface area contributed by atoms with E-state index in [2.05, 4.69) is 21.9 Å². The monoisotopic (exact) mass is 296 g/mol. The van der Waals surface area contributed by atoms with Gasteiger partial charge in [-0.1, -0.05) is 11.8 Å². The van der Waals surface area contributed by atoms with Crippen molar-refractivity contribution in [3.05, 3.63) is 29.8 Å². The normalized spacial score (nSPS) is 12.2. The van der Waals surface area contributed by atoms with Gasteiger partial charge in [-0.15, -0.1) is 0 Å². The average Bonchev–Trinajstić information content (AvgIpc) is 2.44. The van der Waals surface area contributed by atoms with E-state index < -0.39 is 22.0 Å². The Morgan fingerprint density at radius 1 is 1.35 bits per heavy atom. The first-order chi connectivity index (χ1) is 9.40. The summed E-state index contributed by atoms with van der Waals surface area (Å²) in [5.74, 6) is 4.71. The van der Waals surface area contributed by atoms with E-state index in [1.165, 1.54) is 38.2 Å². The number of hydrogen-bond acceptors (Lipinski definition) is 4. The molecule has 7 heteroatoms. The zero-order valence-corrected chi connectivity index (χ0v) is 12.0. The Bertz CT molecular complexity index is 627. The summed E-state index contributed by atoms with van der Waals surface area (Å²) in [7, 11) is -2.33. The second-order valence-corrected chi connectivity index (χ2v) is 5.66. The van der Waals surface area contributed by atoms with Crippen molar-refractivity contribution >= 4 is 15.9 Å². The lowest BCUT2D eigenvalue weighted by molar-refractivity contribution is -0.121. The largest absolute Gasteiger partial charge is 0.384 e. The number of hydrogen-bond donors (Lipinski definition) is 3. The van der Waals surface area contributed by atoms with Crippen molar-refractivity contribution in [3.8, 4) is 11.8 Å². The Balaban J connectivity index is 2.90. The summed E-state index contributed by atoms with van der Waals surface area (Å²) in [6.07, 6.45) is 0. The van der Waals surface area contributed by atoms with Crippen LogP contribution < -0.4 is 10.0 Å². The quantitative estimate of drug-likeness (QED) is 0.649. The summed E-state index contributed by atoms with van der Waals surface area (Å²) in [6, 6.07) is 4.98. The van der Waals surface area contributed by atoms with Crippen LogP contribution in [0.5, 0.6) is 0 Å². The minimum Gasteiger partial charge on any atom is -0.384 e. The summed E-state index contributed by atoms with van der Waals surface area (Å²) in [6.45, 7) is 1.20. The lowest BCUT2D eigenvalue weighted by Gasteiger charge is -2.12. The SMILES string of the molecule is CNC(=O)C(C)NS(=O)(=O)c1ccc(C#CCO)cc1. The van der Waals surface area contributed by atoms with Crippen LogP contribution in [-0.2, 0) is 14.8 Å². The van der Waals surface area contributed by atoms with Crippen molar-refractivity contribution < 1.29 is 18.3 Å². The van der Waals surface area contributed by atoms with Gasteiger partial charge in [0.25, 0.3) is 0 Å². The summed E-state index contributed by atoms with van der Waals surface area (Å²) < 4.78 is 26.3. The first kappa shape index (κ1) is 16.2. The van der Waals surface area contributed by atoms with Gasteiger partial charge in [-0.25, -0.2) is 8.42 Å². The Morgan fingerprint density at radius 3 is 2.45 bits per heavy atom. The number of amides is 1. The molecule has 0 bridgehead atoms. The Kier molecular flexibility index (Phi) is 5.70. The highest BCUT2D eigenvalue weighted by atomic mass is 32.2. The van der Waals surface area contributed by atoms with Gasteiger partial charge in [0, 0.05) is 12.6 Å². The van der Waals surface area contributed by atoms with Gasteiger partial charge in [0.2, 0.25) is 15.9 Å². The molecule has 0 fully saturated rings. The number of likely N-dealkylation sites (N-methyl/N-ethyl adjacent to an activating group) is 1. The second kappa shape index (κ2) is 7.05. The van der Waals surface area contributed by atoms with Crippen LogP contribution in [0.4, 0.5) is 0 Å². The Morgan fingerprint density at radius 2 is 1.95 bits per heavy atom. The molecule has 1 aromatic carbocycles. The smallest absolute Gasteiger partial charge is 0.241 e. The van der Waals surface area contributed by atoms with Gasteiger partial charge in [0.1, 0.15) is 6.61 Å². The molecule has 1 atom stereocenters. The summed E-state index contributed by atoms with van der Waals surface area (Å²) in [5.41, 5.74) is 0.595. The minimum absolute atomic E-state index is 0.0443. The molecule has 0 heterocycles. The fourth-order valence-corrected chi connectivity index (χ4v) is 2.63. The van der Waals surface area contributed by atoms with Gasteiger partial charge in [0.05, 0.1) is 10.9 Å². The fourth-order valence-electron chi connectivity index (χ4n) is 1.43. The number of benzene rings is 1. The lowest BCUT2D eigenvalue weighted by Crippen LogP contribution is -2.43. The van der Waals surface area contributed by atoms with E-state index in [1.54, 1.807) is 0 Å². The highest BCUT2D eigenvalue weighted by Gasteiger charge is 2.20. The minimum atomic E-state index is -3.76. The van der Waals surface area contributed by atoms with Crippen LogP contribution in [0.25, 0.3) is 0 Å². The van der Waals surface area contributed by atoms with Crippen LogP contribution in [0.15, 0.2) is 29.2 Å². The van der Waals surface area contributed by atoms with Crippen molar-refractivity contribution in [2.24, 2.45) is 0 Å². The number of rotatable bonds is 4. The third kappa shape index (κ3) is 4.35. The zero-order chi connectivity index (χ0) is 15.2. The molecule has 3 N–H and O–H groups in total. The standard InChI is InChI=1S/C13H16N2O4S/c1-10(13(17)14-2)15-20(18,19)12-7-5-11(6-8-12)4-3-9-16/h5-8,10,15-16H,9H2,1-2H3,(H,14,17). The van der Waals surface area contributed by atoms with Crippen LogP contribution in [0.1, 0.15) is 12.5 Å². The van der Waals surface area contributed by atoms with Crippen molar-refractivity contribution in [1.82, 2.24) is 10.0 Å². The van der Waals surface area contributed by atoms with Gasteiger partial charge in [-0.3, -0.25) is 4.79 Å². The first-order valence-electron chi connectivity index (χ1n) is 5.84. The molecule has 20 heavy (non-hydrogen) atoms. The molecule has 0 saturated heterocycles. The van der Waals surface area contributed by atoms with E-state index in [0.717, 1.165) is 0 Å². The van der Waals surface area contributed by atoms with E-state index in [-0.39, 0.29) is 11.5 Å². The van der Waals surface area contributed by atoms with E-state index in [4.69, 9.17) is 5.11 Å². The molecule has 0 spiro atoms. The molecule has 0 aliphatic carbocycles. The predicted octanol–water partition coefficient (Wildman–Crippen LogP) is -0.557. The molecular formula is C13H16N2O4S. The molecule has 0 radical (unpaired) electrons. The van der Waals surface area contributed by atoms with Crippen molar-refractivity contribution in [3.63, 3.8) is 0 Å². The number of sulfonamides is 1. The van der Waals surface area contributed by atoms with E-state index in [1.807, 2.05) is 0 Å². The third-order valence-corrected chi connectivity index (χ3v) is 4.00. The summed E-state index contributed by atoms with van der Waals surface area (Å²) in [5, 5.41) is 10.9. The number of aliphatic hydroxyl groups excluding tert-OH is 1. The highest BCUT2D eigenvalue weighted by molar-refractivity contribution is 7.89. The van der Waals surface area contributed by atoms with Crippen LogP contribution in [0, 0.1) is 11.8 Å². The van der Waals surface area contributed by atoms with Gasteiger partial charge in [-0.05, 0) is 31.2 Å². The summed E-state index contributed by atoms with van der Waals surface area (Å²) in [4.78, 5) is 11.4. The molecule has 108 valence electrons. The number of aliphatic hydroxyl groups is 1. The molecular weight excluding hydrogens is 280 g/mol. The van der Waals surface area contributed by atoms with Crippen LogP contribution in [-0.4, -0.2) is 39.1 Å². The molecule has 1 unspecified atom stereocenters. The number of carbonyl (C=O) groups is 1. The van der Waals surface area contributed by atoms with Gasteiger partial charge >= 0.3 is 0 Å². The van der Waals surface area contributed by atoms with E-state index in [0.29, 0.717) is 5.56 Å². The lowest BCUT2D eigenvalue weighted by atomic mass is 10.2. The van der Waals surface area contributed by atoms with Crippen LogP contribution in [0.2, 0.25) is 0 Å². The van der Waals surface area contributed by atoms with Gasteiger partial charge in [-0.2, -0.15) is 4.72 Å². The molecule has 1 amide bonds. The molecule has 6 nitrogen and oxygen atoms in total. The third-order valence-electron chi connectivity index (χ3n) is 2.45.